The first kappa shape index (κ1) is 38.4. The highest BCUT2D eigenvalue weighted by Crippen LogP contribution is 2.43. The van der Waals surface area contributed by atoms with Crippen LogP contribution in [0.2, 0.25) is 10.0 Å². The highest BCUT2D eigenvalue weighted by Gasteiger charge is 2.52. The first-order chi connectivity index (χ1) is 24.8. The number of rotatable bonds is 13. The molecule has 2 saturated heterocycles. The quantitative estimate of drug-likeness (QED) is 0.104. The number of ether oxygens (including phenoxy) is 4. The number of halogens is 2. The molecular weight excluding hydrogens is 698 g/mol. The molecule has 52 heavy (non-hydrogen) atoms. The molecule has 0 radical (unpaired) electrons. The molecule has 0 aliphatic carbocycles. The molecular formula is C41H49BCl2N2O6. The molecule has 4 aromatic carbocycles. The Bertz CT molecular complexity index is 1700. The van der Waals surface area contributed by atoms with Crippen molar-refractivity contribution < 1.29 is 28.3 Å². The fourth-order valence-electron chi connectivity index (χ4n) is 6.71. The van der Waals surface area contributed by atoms with Crippen LogP contribution in [0.25, 0.3) is 0 Å². The number of hydrogen-bond donors (Lipinski definition) is 0. The number of piperazine rings is 1. The van der Waals surface area contributed by atoms with Gasteiger partial charge < -0.3 is 33.2 Å². The van der Waals surface area contributed by atoms with Gasteiger partial charge in [-0.1, -0.05) is 77.8 Å². The lowest BCUT2D eigenvalue weighted by Gasteiger charge is -2.39. The van der Waals surface area contributed by atoms with Crippen molar-refractivity contribution in [2.75, 3.05) is 60.6 Å². The lowest BCUT2D eigenvalue weighted by Crippen LogP contribution is -2.49. The standard InChI is InChI=1S/C41H49BCl2N2O6/c1-39(2)40(3,4)52-42(51-39)32-25-36(43)38(37(44)26-32)50-35(27-46-23-21-45(5)22-24-46)28-49-41(29-11-9-8-10-12-29,30-13-17-33(47-6)18-14-30)31-15-19-34(48-7)20-16-31/h8-20,25-26,35H,21-24,27-28H2,1-7H3. The van der Waals surface area contributed by atoms with Crippen molar-refractivity contribution in [3.63, 3.8) is 0 Å². The van der Waals surface area contributed by atoms with Crippen LogP contribution in [-0.2, 0) is 19.6 Å². The smallest absolute Gasteiger partial charge is 0.494 e. The molecule has 2 heterocycles. The van der Waals surface area contributed by atoms with Crippen molar-refractivity contribution in [1.29, 1.82) is 0 Å². The molecule has 0 N–H and O–H groups in total. The Balaban J connectivity index is 1.38. The average Bonchev–Trinajstić information content (AvgIpc) is 3.37. The Morgan fingerprint density at radius 3 is 1.69 bits per heavy atom. The van der Waals surface area contributed by atoms with Crippen molar-refractivity contribution in [1.82, 2.24) is 9.80 Å². The molecule has 0 saturated carbocycles. The van der Waals surface area contributed by atoms with Crippen molar-refractivity contribution >= 4 is 35.8 Å². The van der Waals surface area contributed by atoms with Crippen molar-refractivity contribution in [2.45, 2.75) is 50.6 Å². The third-order valence-electron chi connectivity index (χ3n) is 10.5. The Hall–Kier alpha value is -3.28. The second-order valence-electron chi connectivity index (χ2n) is 14.6. The van der Waals surface area contributed by atoms with Crippen LogP contribution in [0.15, 0.2) is 91.0 Å². The van der Waals surface area contributed by atoms with E-state index in [-0.39, 0.29) is 6.61 Å². The van der Waals surface area contributed by atoms with Gasteiger partial charge in [-0.15, -0.1) is 0 Å². The molecule has 4 aromatic rings. The zero-order chi connectivity index (χ0) is 37.1. The van der Waals surface area contributed by atoms with Gasteiger partial charge in [0.2, 0.25) is 0 Å². The lowest BCUT2D eigenvalue weighted by atomic mass is 9.79. The highest BCUT2D eigenvalue weighted by atomic mass is 35.5. The van der Waals surface area contributed by atoms with Crippen LogP contribution in [0.3, 0.4) is 0 Å². The Kier molecular flexibility index (Phi) is 11.8. The second kappa shape index (κ2) is 16.0. The van der Waals surface area contributed by atoms with Crippen LogP contribution >= 0.6 is 23.2 Å². The van der Waals surface area contributed by atoms with Crippen LogP contribution in [0, 0.1) is 0 Å². The molecule has 0 spiro atoms. The van der Waals surface area contributed by atoms with E-state index in [1.165, 1.54) is 0 Å². The molecule has 0 aromatic heterocycles. The topological polar surface area (TPSA) is 61.9 Å². The zero-order valence-corrected chi connectivity index (χ0v) is 32.7. The number of methoxy groups -OCH3 is 2. The van der Waals surface area contributed by atoms with Gasteiger partial charge in [0.1, 0.15) is 23.2 Å². The Morgan fingerprint density at radius 2 is 1.21 bits per heavy atom. The third-order valence-corrected chi connectivity index (χ3v) is 11.1. The van der Waals surface area contributed by atoms with Gasteiger partial charge in [-0.2, -0.15) is 0 Å². The Morgan fingerprint density at radius 1 is 0.731 bits per heavy atom. The van der Waals surface area contributed by atoms with Gasteiger partial charge in [-0.3, -0.25) is 4.90 Å². The molecule has 2 aliphatic rings. The minimum atomic E-state index is -1.02. The largest absolute Gasteiger partial charge is 0.497 e. The molecule has 0 amide bonds. The molecule has 11 heteroatoms. The van der Waals surface area contributed by atoms with E-state index in [1.54, 1.807) is 14.2 Å². The number of nitrogens with zero attached hydrogens (tertiary/aromatic N) is 2. The van der Waals surface area contributed by atoms with Crippen LogP contribution in [0.5, 0.6) is 17.2 Å². The number of likely N-dealkylation sites (N-methyl/N-ethyl adjacent to an activating group) is 1. The van der Waals surface area contributed by atoms with Crippen molar-refractivity contribution in [3.05, 3.63) is 118 Å². The summed E-state index contributed by atoms with van der Waals surface area (Å²) in [5.41, 5.74) is 1.54. The molecule has 0 bridgehead atoms. The van der Waals surface area contributed by atoms with Gasteiger partial charge in [-0.05, 0) is 93.3 Å². The second-order valence-corrected chi connectivity index (χ2v) is 15.4. The summed E-state index contributed by atoms with van der Waals surface area (Å²) >= 11 is 14.0. The normalized spacial score (nSPS) is 18.3. The first-order valence-electron chi connectivity index (χ1n) is 17.8. The van der Waals surface area contributed by atoms with Gasteiger partial charge in [0.25, 0.3) is 0 Å². The number of hydrogen-bond acceptors (Lipinski definition) is 8. The highest BCUT2D eigenvalue weighted by molar-refractivity contribution is 6.63. The number of benzene rings is 4. The minimum Gasteiger partial charge on any atom is -0.497 e. The van der Waals surface area contributed by atoms with E-state index in [1.807, 2.05) is 82.3 Å². The summed E-state index contributed by atoms with van der Waals surface area (Å²) in [5.74, 6) is 1.90. The molecule has 6 rings (SSSR count). The van der Waals surface area contributed by atoms with Gasteiger partial charge in [0.05, 0.1) is 42.1 Å². The van der Waals surface area contributed by atoms with E-state index in [0.717, 1.165) is 59.8 Å². The summed E-state index contributed by atoms with van der Waals surface area (Å²) in [5, 5.41) is 0.750. The van der Waals surface area contributed by atoms with Crippen LogP contribution < -0.4 is 19.7 Å². The maximum Gasteiger partial charge on any atom is 0.494 e. The monoisotopic (exact) mass is 746 g/mol. The SMILES string of the molecule is COc1ccc(C(OCC(CN2CCN(C)CC2)Oc2c(Cl)cc(B3OC(C)(C)C(C)(C)O3)cc2Cl)(c2ccccc2)c2ccc(OC)cc2)cc1. The fraction of sp³-hybridized carbons (Fsp3) is 0.415. The van der Waals surface area contributed by atoms with Crippen LogP contribution in [0.4, 0.5) is 0 Å². The predicted octanol–water partition coefficient (Wildman–Crippen LogP) is 7.31. The van der Waals surface area contributed by atoms with Crippen molar-refractivity contribution in [2.24, 2.45) is 0 Å². The van der Waals surface area contributed by atoms with Gasteiger partial charge in [-0.25, -0.2) is 0 Å². The van der Waals surface area contributed by atoms with Crippen molar-refractivity contribution in [3.8, 4) is 17.2 Å². The van der Waals surface area contributed by atoms with Gasteiger partial charge in [0, 0.05) is 32.7 Å². The minimum absolute atomic E-state index is 0.213. The lowest BCUT2D eigenvalue weighted by molar-refractivity contribution is -0.0410. The summed E-state index contributed by atoms with van der Waals surface area (Å²) in [6.07, 6.45) is -0.444. The third kappa shape index (κ3) is 8.11. The van der Waals surface area contributed by atoms with E-state index in [9.17, 15) is 0 Å². The van der Waals surface area contributed by atoms with E-state index >= 15 is 0 Å². The summed E-state index contributed by atoms with van der Waals surface area (Å²) in [4.78, 5) is 4.73. The molecule has 1 atom stereocenters. The van der Waals surface area contributed by atoms with Crippen LogP contribution in [-0.4, -0.2) is 94.8 Å². The van der Waals surface area contributed by atoms with E-state index in [0.29, 0.717) is 22.3 Å². The molecule has 2 fully saturated rings. The summed E-state index contributed by atoms with van der Waals surface area (Å²) in [6.45, 7) is 12.6. The maximum absolute atomic E-state index is 7.29. The van der Waals surface area contributed by atoms with E-state index in [2.05, 4.69) is 53.2 Å². The van der Waals surface area contributed by atoms with Gasteiger partial charge >= 0.3 is 7.12 Å². The molecule has 1 unspecified atom stereocenters. The summed E-state index contributed by atoms with van der Waals surface area (Å²) in [7, 11) is 4.86. The fourth-order valence-corrected chi connectivity index (χ4v) is 7.30. The average molecular weight is 748 g/mol. The maximum atomic E-state index is 7.29. The summed E-state index contributed by atoms with van der Waals surface area (Å²) < 4.78 is 37.8. The Labute approximate surface area is 318 Å². The first-order valence-corrected chi connectivity index (χ1v) is 18.5. The summed E-state index contributed by atoms with van der Waals surface area (Å²) in [6, 6.07) is 29.9. The zero-order valence-electron chi connectivity index (χ0n) is 31.2. The van der Waals surface area contributed by atoms with Crippen LogP contribution in [0.1, 0.15) is 44.4 Å². The van der Waals surface area contributed by atoms with Gasteiger partial charge in [0.15, 0.2) is 5.75 Å². The van der Waals surface area contributed by atoms with E-state index in [4.69, 9.17) is 51.5 Å². The molecule has 276 valence electrons. The molecule has 2 aliphatic heterocycles. The van der Waals surface area contributed by atoms with E-state index < -0.39 is 30.0 Å². The predicted molar refractivity (Wildman–Crippen MR) is 209 cm³/mol. The molecule has 8 nitrogen and oxygen atoms in total.